The molecule has 5 heteroatoms. The minimum absolute atomic E-state index is 0.336. The Kier molecular flexibility index (Phi) is 5.86. The number of anilines is 1. The van der Waals surface area contributed by atoms with Gasteiger partial charge in [0.25, 0.3) is 0 Å². The fourth-order valence-electron chi connectivity index (χ4n) is 1.43. The molecular formula is C12H20N4S. The van der Waals surface area contributed by atoms with Crippen molar-refractivity contribution in [3.63, 3.8) is 0 Å². The van der Waals surface area contributed by atoms with Crippen molar-refractivity contribution in [2.75, 3.05) is 32.5 Å². The van der Waals surface area contributed by atoms with Crippen molar-refractivity contribution in [3.8, 4) is 0 Å². The molecule has 0 aliphatic heterocycles. The summed E-state index contributed by atoms with van der Waals surface area (Å²) in [6, 6.07) is 3.79. The van der Waals surface area contributed by atoms with Gasteiger partial charge in [-0.3, -0.25) is 4.98 Å². The van der Waals surface area contributed by atoms with Gasteiger partial charge in [0.2, 0.25) is 0 Å². The molecule has 1 rings (SSSR count). The van der Waals surface area contributed by atoms with Crippen LogP contribution in [0.1, 0.15) is 18.5 Å². The predicted octanol–water partition coefficient (Wildman–Crippen LogP) is 1.47. The van der Waals surface area contributed by atoms with Gasteiger partial charge in [-0.25, -0.2) is 0 Å². The highest BCUT2D eigenvalue weighted by atomic mass is 32.1. The van der Waals surface area contributed by atoms with Crippen LogP contribution >= 0.6 is 12.2 Å². The number of nitrogens with zero attached hydrogens (tertiary/aromatic N) is 2. The first-order chi connectivity index (χ1) is 8.09. The standard InChI is InChI=1S/C12H20N4S/c1-16(2)8-4-3-7-14-10-5-6-11(12(13)17)15-9-10/h5-6,9,14H,3-4,7-8H2,1-2H3,(H2,13,17). The third kappa shape index (κ3) is 5.60. The van der Waals surface area contributed by atoms with Crippen LogP contribution in [-0.2, 0) is 0 Å². The zero-order valence-corrected chi connectivity index (χ0v) is 11.3. The van der Waals surface area contributed by atoms with E-state index in [-0.39, 0.29) is 0 Å². The number of hydrogen-bond donors (Lipinski definition) is 2. The van der Waals surface area contributed by atoms with Crippen LogP contribution in [0, 0.1) is 0 Å². The highest BCUT2D eigenvalue weighted by Gasteiger charge is 1.98. The number of pyridine rings is 1. The molecule has 1 aromatic rings. The van der Waals surface area contributed by atoms with E-state index in [9.17, 15) is 0 Å². The van der Waals surface area contributed by atoms with Crippen LogP contribution in [-0.4, -0.2) is 42.1 Å². The van der Waals surface area contributed by atoms with Crippen molar-refractivity contribution in [3.05, 3.63) is 24.0 Å². The summed E-state index contributed by atoms with van der Waals surface area (Å²) in [5.74, 6) is 0. The lowest BCUT2D eigenvalue weighted by Gasteiger charge is -2.10. The van der Waals surface area contributed by atoms with E-state index in [1.165, 1.54) is 6.42 Å². The highest BCUT2D eigenvalue weighted by molar-refractivity contribution is 7.80. The quantitative estimate of drug-likeness (QED) is 0.568. The van der Waals surface area contributed by atoms with Gasteiger partial charge in [0.05, 0.1) is 17.6 Å². The molecule has 4 nitrogen and oxygen atoms in total. The largest absolute Gasteiger partial charge is 0.388 e. The van der Waals surface area contributed by atoms with Crippen molar-refractivity contribution in [1.82, 2.24) is 9.88 Å². The molecule has 17 heavy (non-hydrogen) atoms. The fourth-order valence-corrected chi connectivity index (χ4v) is 1.55. The first-order valence-electron chi connectivity index (χ1n) is 5.74. The van der Waals surface area contributed by atoms with E-state index in [4.69, 9.17) is 18.0 Å². The average Bonchev–Trinajstić information content (AvgIpc) is 2.29. The average molecular weight is 252 g/mol. The Balaban J connectivity index is 2.25. The summed E-state index contributed by atoms with van der Waals surface area (Å²) in [6.45, 7) is 2.09. The molecule has 0 aromatic carbocycles. The molecule has 3 N–H and O–H groups in total. The Labute approximate surface area is 108 Å². The number of unbranched alkanes of at least 4 members (excludes halogenated alkanes) is 1. The van der Waals surface area contributed by atoms with E-state index in [2.05, 4.69) is 29.3 Å². The second-order valence-corrected chi connectivity index (χ2v) is 4.67. The summed E-state index contributed by atoms with van der Waals surface area (Å²) in [7, 11) is 4.18. The molecule has 0 atom stereocenters. The van der Waals surface area contributed by atoms with E-state index in [1.54, 1.807) is 6.20 Å². The van der Waals surface area contributed by atoms with Crippen molar-refractivity contribution >= 4 is 22.9 Å². The van der Waals surface area contributed by atoms with Crippen LogP contribution in [0.15, 0.2) is 18.3 Å². The molecule has 0 aliphatic carbocycles. The van der Waals surface area contributed by atoms with Crippen molar-refractivity contribution in [1.29, 1.82) is 0 Å². The zero-order valence-electron chi connectivity index (χ0n) is 10.4. The predicted molar refractivity (Wildman–Crippen MR) is 76.4 cm³/mol. The van der Waals surface area contributed by atoms with E-state index < -0.39 is 0 Å². The van der Waals surface area contributed by atoms with Gasteiger partial charge in [-0.1, -0.05) is 12.2 Å². The third-order valence-corrected chi connectivity index (χ3v) is 2.59. The van der Waals surface area contributed by atoms with Crippen LogP contribution < -0.4 is 11.1 Å². The summed E-state index contributed by atoms with van der Waals surface area (Å²) >= 11 is 4.84. The van der Waals surface area contributed by atoms with Crippen LogP contribution in [0.2, 0.25) is 0 Å². The zero-order chi connectivity index (χ0) is 12.7. The SMILES string of the molecule is CN(C)CCCCNc1ccc(C(N)=S)nc1. The number of nitrogens with two attached hydrogens (primary N) is 1. The van der Waals surface area contributed by atoms with Gasteiger partial charge in [-0.15, -0.1) is 0 Å². The van der Waals surface area contributed by atoms with Crippen molar-refractivity contribution in [2.24, 2.45) is 5.73 Å². The molecule has 0 spiro atoms. The second kappa shape index (κ2) is 7.19. The molecule has 0 bridgehead atoms. The van der Waals surface area contributed by atoms with Crippen molar-refractivity contribution in [2.45, 2.75) is 12.8 Å². The number of nitrogens with one attached hydrogen (secondary N) is 1. The summed E-state index contributed by atoms with van der Waals surface area (Å²) < 4.78 is 0. The normalized spacial score (nSPS) is 10.5. The van der Waals surface area contributed by atoms with Crippen LogP contribution in [0.5, 0.6) is 0 Å². The van der Waals surface area contributed by atoms with E-state index in [0.29, 0.717) is 10.7 Å². The van der Waals surface area contributed by atoms with E-state index in [0.717, 1.165) is 25.2 Å². The molecule has 0 unspecified atom stereocenters. The Morgan fingerprint density at radius 3 is 2.71 bits per heavy atom. The molecular weight excluding hydrogens is 232 g/mol. The minimum Gasteiger partial charge on any atom is -0.388 e. The highest BCUT2D eigenvalue weighted by Crippen LogP contribution is 2.06. The number of thiocarbonyl (C=S) groups is 1. The topological polar surface area (TPSA) is 54.2 Å². The van der Waals surface area contributed by atoms with Gasteiger partial charge in [-0.05, 0) is 45.6 Å². The summed E-state index contributed by atoms with van der Waals surface area (Å²) in [6.07, 6.45) is 4.11. The van der Waals surface area contributed by atoms with Crippen LogP contribution in [0.3, 0.4) is 0 Å². The Morgan fingerprint density at radius 1 is 1.41 bits per heavy atom. The van der Waals surface area contributed by atoms with Gasteiger partial charge in [0, 0.05) is 6.54 Å². The maximum atomic E-state index is 5.48. The van der Waals surface area contributed by atoms with Gasteiger partial charge in [0.15, 0.2) is 0 Å². The molecule has 1 aromatic heterocycles. The summed E-state index contributed by atoms with van der Waals surface area (Å²) in [5, 5.41) is 3.32. The summed E-state index contributed by atoms with van der Waals surface area (Å²) in [4.78, 5) is 6.70. The van der Waals surface area contributed by atoms with Crippen molar-refractivity contribution < 1.29 is 0 Å². The maximum absolute atomic E-state index is 5.48. The van der Waals surface area contributed by atoms with E-state index >= 15 is 0 Å². The van der Waals surface area contributed by atoms with Gasteiger partial charge >= 0.3 is 0 Å². The molecule has 1 heterocycles. The Morgan fingerprint density at radius 2 is 2.18 bits per heavy atom. The lowest BCUT2D eigenvalue weighted by molar-refractivity contribution is 0.396. The smallest absolute Gasteiger partial charge is 0.122 e. The molecule has 94 valence electrons. The van der Waals surface area contributed by atoms with Gasteiger partial charge in [0.1, 0.15) is 4.99 Å². The van der Waals surface area contributed by atoms with Gasteiger partial charge < -0.3 is 16.0 Å². The maximum Gasteiger partial charge on any atom is 0.122 e. The minimum atomic E-state index is 0.336. The first-order valence-corrected chi connectivity index (χ1v) is 6.15. The Hall–Kier alpha value is -1.20. The fraction of sp³-hybridized carbons (Fsp3) is 0.500. The molecule has 0 aliphatic rings. The molecule has 0 amide bonds. The molecule has 0 radical (unpaired) electrons. The second-order valence-electron chi connectivity index (χ2n) is 4.23. The lowest BCUT2D eigenvalue weighted by atomic mass is 10.3. The first kappa shape index (κ1) is 13.9. The van der Waals surface area contributed by atoms with Gasteiger partial charge in [-0.2, -0.15) is 0 Å². The molecule has 0 fully saturated rings. The lowest BCUT2D eigenvalue weighted by Crippen LogP contribution is -2.14. The summed E-state index contributed by atoms with van der Waals surface area (Å²) in [5.41, 5.74) is 7.15. The monoisotopic (exact) mass is 252 g/mol. The van der Waals surface area contributed by atoms with Crippen LogP contribution in [0.25, 0.3) is 0 Å². The number of hydrogen-bond acceptors (Lipinski definition) is 4. The van der Waals surface area contributed by atoms with Crippen LogP contribution in [0.4, 0.5) is 5.69 Å². The number of aromatic nitrogens is 1. The third-order valence-electron chi connectivity index (χ3n) is 2.38. The van der Waals surface area contributed by atoms with E-state index in [1.807, 2.05) is 12.1 Å². The Bertz CT molecular complexity index is 348. The molecule has 0 saturated carbocycles. The number of rotatable bonds is 7. The molecule has 0 saturated heterocycles.